The van der Waals surface area contributed by atoms with E-state index in [1.54, 1.807) is 12.1 Å². The largest absolute Gasteiger partial charge is 0.322 e. The van der Waals surface area contributed by atoms with Gasteiger partial charge in [0.05, 0.1) is 11.4 Å². The Hall–Kier alpha value is -2.20. The van der Waals surface area contributed by atoms with Crippen molar-refractivity contribution in [2.24, 2.45) is 10.9 Å². The Balaban J connectivity index is 2.23. The molecule has 1 aromatic heterocycles. The average Bonchev–Trinajstić information content (AvgIpc) is 2.64. The molecule has 2 aromatic rings. The Labute approximate surface area is 134 Å². The molecule has 1 atom stereocenters. The third kappa shape index (κ3) is 2.74. The molecule has 0 fully saturated rings. The van der Waals surface area contributed by atoms with Crippen LogP contribution in [0.4, 0.5) is 5.69 Å². The van der Waals surface area contributed by atoms with E-state index in [9.17, 15) is 4.79 Å². The minimum atomic E-state index is -0.455. The van der Waals surface area contributed by atoms with Gasteiger partial charge in [0.15, 0.2) is 0 Å². The number of carbonyl (C=O) groups excluding carboxylic acids is 1. The van der Waals surface area contributed by atoms with Crippen LogP contribution in [0.15, 0.2) is 47.5 Å². The lowest BCUT2D eigenvalue weighted by Gasteiger charge is -2.14. The number of fused-ring (bicyclic) bond motifs is 1. The van der Waals surface area contributed by atoms with Gasteiger partial charge in [0.2, 0.25) is 5.91 Å². The van der Waals surface area contributed by atoms with Crippen LogP contribution in [0.3, 0.4) is 0 Å². The molecular formula is C17H16ClN3O. The van der Waals surface area contributed by atoms with Gasteiger partial charge in [-0.15, -0.1) is 0 Å². The summed E-state index contributed by atoms with van der Waals surface area (Å²) >= 11 is 6.04. The van der Waals surface area contributed by atoms with Gasteiger partial charge < -0.3 is 5.32 Å². The second kappa shape index (κ2) is 5.89. The van der Waals surface area contributed by atoms with Crippen LogP contribution in [0.2, 0.25) is 5.15 Å². The molecule has 0 radical (unpaired) electrons. The summed E-state index contributed by atoms with van der Waals surface area (Å²) in [5, 5.41) is 3.28. The zero-order valence-corrected chi connectivity index (χ0v) is 13.1. The van der Waals surface area contributed by atoms with Gasteiger partial charge in [-0.2, -0.15) is 0 Å². The van der Waals surface area contributed by atoms with Crippen LogP contribution in [-0.4, -0.2) is 22.6 Å². The van der Waals surface area contributed by atoms with Crippen LogP contribution in [0, 0.1) is 5.92 Å². The first kappa shape index (κ1) is 14.7. The van der Waals surface area contributed by atoms with Crippen molar-refractivity contribution < 1.29 is 4.79 Å². The molecular weight excluding hydrogens is 298 g/mol. The second-order valence-electron chi connectivity index (χ2n) is 5.55. The number of pyridine rings is 1. The molecule has 0 saturated carbocycles. The van der Waals surface area contributed by atoms with Crippen molar-refractivity contribution in [3.8, 4) is 0 Å². The molecule has 1 aliphatic heterocycles. The standard InChI is InChI=1S/C17H16ClN3O/c1-10(2)14-17(22)19-12-8-9-13(18)20-16(12)15(21-14)11-6-4-3-5-7-11/h3-10,14H,1-2H3,(H,19,22). The molecule has 1 aromatic carbocycles. The van der Waals surface area contributed by atoms with Crippen LogP contribution in [-0.2, 0) is 4.79 Å². The smallest absolute Gasteiger partial charge is 0.249 e. The second-order valence-corrected chi connectivity index (χ2v) is 5.94. The highest BCUT2D eigenvalue weighted by Gasteiger charge is 2.28. The highest BCUT2D eigenvalue weighted by atomic mass is 35.5. The van der Waals surface area contributed by atoms with E-state index in [1.165, 1.54) is 0 Å². The number of hydrogen-bond donors (Lipinski definition) is 1. The van der Waals surface area contributed by atoms with Crippen LogP contribution in [0.5, 0.6) is 0 Å². The van der Waals surface area contributed by atoms with Crippen LogP contribution in [0.25, 0.3) is 0 Å². The molecule has 22 heavy (non-hydrogen) atoms. The van der Waals surface area contributed by atoms with E-state index in [4.69, 9.17) is 16.6 Å². The first-order valence-electron chi connectivity index (χ1n) is 7.17. The molecule has 2 heterocycles. The third-order valence-corrected chi connectivity index (χ3v) is 3.77. The fourth-order valence-corrected chi connectivity index (χ4v) is 2.59. The summed E-state index contributed by atoms with van der Waals surface area (Å²) in [7, 11) is 0. The van der Waals surface area contributed by atoms with Crippen molar-refractivity contribution in [1.82, 2.24) is 4.98 Å². The number of halogens is 1. The number of rotatable bonds is 2. The van der Waals surface area contributed by atoms with Gasteiger partial charge in [0.25, 0.3) is 0 Å². The number of aromatic nitrogens is 1. The molecule has 5 heteroatoms. The number of aliphatic imine (C=N–C) groups is 1. The van der Waals surface area contributed by atoms with Gasteiger partial charge >= 0.3 is 0 Å². The Morgan fingerprint density at radius 1 is 1.14 bits per heavy atom. The first-order valence-corrected chi connectivity index (χ1v) is 7.55. The Bertz CT molecular complexity index is 741. The zero-order valence-electron chi connectivity index (χ0n) is 12.4. The van der Waals surface area contributed by atoms with Gasteiger partial charge in [-0.1, -0.05) is 55.8 Å². The zero-order chi connectivity index (χ0) is 15.7. The van der Waals surface area contributed by atoms with E-state index in [-0.39, 0.29) is 11.8 Å². The van der Waals surface area contributed by atoms with E-state index in [0.717, 1.165) is 5.56 Å². The number of nitrogens with zero attached hydrogens (tertiary/aromatic N) is 2. The lowest BCUT2D eigenvalue weighted by Crippen LogP contribution is -2.30. The van der Waals surface area contributed by atoms with Gasteiger partial charge in [0.1, 0.15) is 16.9 Å². The summed E-state index contributed by atoms with van der Waals surface area (Å²) < 4.78 is 0. The molecule has 112 valence electrons. The van der Waals surface area contributed by atoms with Gasteiger partial charge in [-0.3, -0.25) is 9.79 Å². The predicted molar refractivity (Wildman–Crippen MR) is 88.6 cm³/mol. The molecule has 1 N–H and O–H groups in total. The van der Waals surface area contributed by atoms with Crippen molar-refractivity contribution in [2.45, 2.75) is 19.9 Å². The van der Waals surface area contributed by atoms with Crippen molar-refractivity contribution in [3.63, 3.8) is 0 Å². The fraction of sp³-hybridized carbons (Fsp3) is 0.235. The lowest BCUT2D eigenvalue weighted by molar-refractivity contribution is -0.118. The molecule has 0 aliphatic carbocycles. The van der Waals surface area contributed by atoms with Crippen molar-refractivity contribution in [2.75, 3.05) is 5.32 Å². The predicted octanol–water partition coefficient (Wildman–Crippen LogP) is 3.55. The van der Waals surface area contributed by atoms with Crippen LogP contribution in [0.1, 0.15) is 25.1 Å². The number of benzene rings is 1. The number of nitrogens with one attached hydrogen (secondary N) is 1. The highest BCUT2D eigenvalue weighted by Crippen LogP contribution is 2.26. The number of hydrogen-bond acceptors (Lipinski definition) is 3. The third-order valence-electron chi connectivity index (χ3n) is 3.56. The molecule has 4 nitrogen and oxygen atoms in total. The number of anilines is 1. The Morgan fingerprint density at radius 2 is 1.86 bits per heavy atom. The molecule has 3 rings (SSSR count). The van der Waals surface area contributed by atoms with E-state index < -0.39 is 6.04 Å². The monoisotopic (exact) mass is 313 g/mol. The van der Waals surface area contributed by atoms with Crippen LogP contribution >= 0.6 is 11.6 Å². The van der Waals surface area contributed by atoms with E-state index >= 15 is 0 Å². The molecule has 1 aliphatic rings. The molecule has 1 amide bonds. The Morgan fingerprint density at radius 3 is 2.55 bits per heavy atom. The quantitative estimate of drug-likeness (QED) is 0.862. The number of carbonyl (C=O) groups is 1. The Kier molecular flexibility index (Phi) is 3.94. The van der Waals surface area contributed by atoms with Crippen molar-refractivity contribution in [3.05, 3.63) is 58.9 Å². The molecule has 1 unspecified atom stereocenters. The van der Waals surface area contributed by atoms with Crippen molar-refractivity contribution in [1.29, 1.82) is 0 Å². The van der Waals surface area contributed by atoms with Crippen LogP contribution < -0.4 is 5.32 Å². The first-order chi connectivity index (χ1) is 10.6. The van der Waals surface area contributed by atoms with E-state index in [2.05, 4.69) is 10.3 Å². The average molecular weight is 314 g/mol. The summed E-state index contributed by atoms with van der Waals surface area (Å²) in [4.78, 5) is 21.5. The summed E-state index contributed by atoms with van der Waals surface area (Å²) in [6.45, 7) is 3.96. The summed E-state index contributed by atoms with van der Waals surface area (Å²) in [5.41, 5.74) is 2.85. The summed E-state index contributed by atoms with van der Waals surface area (Å²) in [5.74, 6) is -0.0326. The molecule has 0 bridgehead atoms. The minimum Gasteiger partial charge on any atom is -0.322 e. The SMILES string of the molecule is CC(C)C1N=C(c2ccccc2)c2nc(Cl)ccc2NC1=O. The maximum Gasteiger partial charge on any atom is 0.249 e. The fourth-order valence-electron chi connectivity index (χ4n) is 2.44. The van der Waals surface area contributed by atoms with E-state index in [0.29, 0.717) is 22.2 Å². The van der Waals surface area contributed by atoms with Gasteiger partial charge in [0, 0.05) is 5.56 Å². The number of amides is 1. The summed E-state index contributed by atoms with van der Waals surface area (Å²) in [6.07, 6.45) is 0. The topological polar surface area (TPSA) is 54.4 Å². The van der Waals surface area contributed by atoms with Gasteiger partial charge in [-0.05, 0) is 18.1 Å². The van der Waals surface area contributed by atoms with Gasteiger partial charge in [-0.25, -0.2) is 4.98 Å². The molecule has 0 saturated heterocycles. The minimum absolute atomic E-state index is 0.0866. The maximum absolute atomic E-state index is 12.4. The normalized spacial score (nSPS) is 17.5. The lowest BCUT2D eigenvalue weighted by atomic mass is 10.0. The van der Waals surface area contributed by atoms with Crippen molar-refractivity contribution >= 4 is 28.9 Å². The molecule has 0 spiro atoms. The summed E-state index contributed by atoms with van der Waals surface area (Å²) in [6, 6.07) is 12.7. The maximum atomic E-state index is 12.4. The highest BCUT2D eigenvalue weighted by molar-refractivity contribution is 6.30. The van der Waals surface area contributed by atoms with E-state index in [1.807, 2.05) is 44.2 Å².